The van der Waals surface area contributed by atoms with E-state index in [1.807, 2.05) is 43.3 Å². The van der Waals surface area contributed by atoms with Crippen molar-refractivity contribution >= 4 is 17.3 Å². The Balaban J connectivity index is 1.95. The van der Waals surface area contributed by atoms with Gasteiger partial charge in [-0.25, -0.2) is 0 Å². The summed E-state index contributed by atoms with van der Waals surface area (Å²) < 4.78 is 4.92. The van der Waals surface area contributed by atoms with E-state index >= 15 is 0 Å². The summed E-state index contributed by atoms with van der Waals surface area (Å²) in [7, 11) is 3.95. The first-order valence-corrected chi connectivity index (χ1v) is 6.04. The smallest absolute Gasteiger partial charge is 0.230 e. The van der Waals surface area contributed by atoms with Gasteiger partial charge in [0, 0.05) is 31.5 Å². The molecule has 0 fully saturated rings. The van der Waals surface area contributed by atoms with E-state index in [-0.39, 0.29) is 12.3 Å². The second-order valence-electron chi connectivity index (χ2n) is 4.60. The Morgan fingerprint density at radius 3 is 2.53 bits per heavy atom. The van der Waals surface area contributed by atoms with Crippen molar-refractivity contribution in [1.82, 2.24) is 5.16 Å². The summed E-state index contributed by atoms with van der Waals surface area (Å²) in [5.41, 5.74) is 2.50. The zero-order chi connectivity index (χ0) is 13.8. The molecule has 0 spiro atoms. The lowest BCUT2D eigenvalue weighted by Crippen LogP contribution is -2.15. The molecule has 0 unspecified atom stereocenters. The molecule has 1 N–H and O–H groups in total. The van der Waals surface area contributed by atoms with Crippen LogP contribution in [-0.4, -0.2) is 25.2 Å². The lowest BCUT2D eigenvalue weighted by molar-refractivity contribution is -0.115. The first-order valence-electron chi connectivity index (χ1n) is 6.04. The minimum atomic E-state index is -0.106. The predicted octanol–water partition coefficient (Wildman–Crippen LogP) is 2.23. The average Bonchev–Trinajstić information content (AvgIpc) is 2.75. The normalized spacial score (nSPS) is 10.3. The molecule has 0 saturated heterocycles. The Labute approximate surface area is 112 Å². The van der Waals surface area contributed by atoms with Crippen LogP contribution in [0, 0.1) is 6.92 Å². The summed E-state index contributed by atoms with van der Waals surface area (Å²) in [6, 6.07) is 9.42. The molecule has 19 heavy (non-hydrogen) atoms. The predicted molar refractivity (Wildman–Crippen MR) is 74.3 cm³/mol. The molecule has 100 valence electrons. The highest BCUT2D eigenvalue weighted by molar-refractivity contribution is 5.92. The Hall–Kier alpha value is -2.30. The average molecular weight is 259 g/mol. The van der Waals surface area contributed by atoms with Crippen LogP contribution in [0.15, 0.2) is 34.9 Å². The fraction of sp³-hybridized carbons (Fsp3) is 0.286. The van der Waals surface area contributed by atoms with Gasteiger partial charge in [0.15, 0.2) is 0 Å². The van der Waals surface area contributed by atoms with Gasteiger partial charge in [0.1, 0.15) is 5.76 Å². The van der Waals surface area contributed by atoms with Crippen molar-refractivity contribution in [2.75, 3.05) is 24.3 Å². The molecule has 5 heteroatoms. The van der Waals surface area contributed by atoms with Gasteiger partial charge in [-0.1, -0.05) is 5.16 Å². The monoisotopic (exact) mass is 259 g/mol. The van der Waals surface area contributed by atoms with Crippen molar-refractivity contribution in [2.45, 2.75) is 13.3 Å². The van der Waals surface area contributed by atoms with Crippen LogP contribution in [0.4, 0.5) is 11.4 Å². The van der Waals surface area contributed by atoms with Crippen molar-refractivity contribution < 1.29 is 9.32 Å². The van der Waals surface area contributed by atoms with Crippen LogP contribution < -0.4 is 10.2 Å². The van der Waals surface area contributed by atoms with E-state index in [1.54, 1.807) is 13.0 Å². The highest BCUT2D eigenvalue weighted by Crippen LogP contribution is 2.15. The Bertz CT molecular complexity index is 558. The summed E-state index contributed by atoms with van der Waals surface area (Å²) in [6.45, 7) is 1.80. The number of carbonyl (C=O) groups excluding carboxylic acids is 1. The number of benzene rings is 1. The SMILES string of the molecule is Cc1cc(CC(=O)Nc2ccc(N(C)C)cc2)no1. The van der Waals surface area contributed by atoms with Gasteiger partial charge in [0.2, 0.25) is 5.91 Å². The zero-order valence-electron chi connectivity index (χ0n) is 11.3. The molecule has 1 heterocycles. The highest BCUT2D eigenvalue weighted by Gasteiger charge is 2.08. The molecule has 1 amide bonds. The van der Waals surface area contributed by atoms with E-state index in [4.69, 9.17) is 4.52 Å². The number of anilines is 2. The summed E-state index contributed by atoms with van der Waals surface area (Å²) in [6.07, 6.45) is 0.215. The van der Waals surface area contributed by atoms with Gasteiger partial charge in [-0.15, -0.1) is 0 Å². The van der Waals surface area contributed by atoms with Gasteiger partial charge in [-0.3, -0.25) is 4.79 Å². The van der Waals surface area contributed by atoms with Crippen molar-refractivity contribution in [2.24, 2.45) is 0 Å². The maximum atomic E-state index is 11.8. The van der Waals surface area contributed by atoms with Crippen LogP contribution in [0.3, 0.4) is 0 Å². The summed E-state index contributed by atoms with van der Waals surface area (Å²) in [5, 5.41) is 6.62. The molecule has 0 atom stereocenters. The Morgan fingerprint density at radius 1 is 1.32 bits per heavy atom. The van der Waals surface area contributed by atoms with Crippen LogP contribution in [0.1, 0.15) is 11.5 Å². The third-order valence-electron chi connectivity index (χ3n) is 2.69. The first kappa shape index (κ1) is 13.1. The summed E-state index contributed by atoms with van der Waals surface area (Å²) >= 11 is 0. The van der Waals surface area contributed by atoms with Crippen LogP contribution >= 0.6 is 0 Å². The molecule has 0 aliphatic rings. The molecular formula is C14H17N3O2. The number of rotatable bonds is 4. The fourth-order valence-electron chi connectivity index (χ4n) is 1.71. The van der Waals surface area contributed by atoms with Crippen molar-refractivity contribution in [1.29, 1.82) is 0 Å². The van der Waals surface area contributed by atoms with Crippen molar-refractivity contribution in [3.63, 3.8) is 0 Å². The van der Waals surface area contributed by atoms with Gasteiger partial charge >= 0.3 is 0 Å². The van der Waals surface area contributed by atoms with E-state index in [9.17, 15) is 4.79 Å². The number of amides is 1. The number of carbonyl (C=O) groups is 1. The second-order valence-corrected chi connectivity index (χ2v) is 4.60. The van der Waals surface area contributed by atoms with Gasteiger partial charge in [-0.2, -0.15) is 0 Å². The summed E-state index contributed by atoms with van der Waals surface area (Å²) in [4.78, 5) is 13.8. The number of nitrogens with one attached hydrogen (secondary N) is 1. The van der Waals surface area contributed by atoms with Crippen LogP contribution in [0.25, 0.3) is 0 Å². The minimum absolute atomic E-state index is 0.106. The second kappa shape index (κ2) is 5.56. The van der Waals surface area contributed by atoms with Gasteiger partial charge < -0.3 is 14.7 Å². The maximum Gasteiger partial charge on any atom is 0.230 e. The Morgan fingerprint density at radius 2 is 2.00 bits per heavy atom. The summed E-state index contributed by atoms with van der Waals surface area (Å²) in [5.74, 6) is 0.601. The molecule has 2 aromatic rings. The first-order chi connectivity index (χ1) is 9.04. The van der Waals surface area contributed by atoms with E-state index in [2.05, 4.69) is 10.5 Å². The van der Waals surface area contributed by atoms with Crippen molar-refractivity contribution in [3.05, 3.63) is 41.8 Å². The van der Waals surface area contributed by atoms with E-state index in [0.717, 1.165) is 11.4 Å². The van der Waals surface area contributed by atoms with E-state index in [0.29, 0.717) is 11.5 Å². The molecule has 0 saturated carbocycles. The van der Waals surface area contributed by atoms with Gasteiger partial charge in [0.05, 0.1) is 12.1 Å². The number of aromatic nitrogens is 1. The minimum Gasteiger partial charge on any atom is -0.378 e. The van der Waals surface area contributed by atoms with Gasteiger partial charge in [0.25, 0.3) is 0 Å². The number of nitrogens with zero attached hydrogens (tertiary/aromatic N) is 2. The molecule has 0 aliphatic carbocycles. The molecule has 0 bridgehead atoms. The number of hydrogen-bond acceptors (Lipinski definition) is 4. The van der Waals surface area contributed by atoms with Crippen LogP contribution in [-0.2, 0) is 11.2 Å². The number of hydrogen-bond donors (Lipinski definition) is 1. The molecule has 0 radical (unpaired) electrons. The largest absolute Gasteiger partial charge is 0.378 e. The van der Waals surface area contributed by atoms with Crippen LogP contribution in [0.2, 0.25) is 0 Å². The van der Waals surface area contributed by atoms with E-state index in [1.165, 1.54) is 0 Å². The van der Waals surface area contributed by atoms with Gasteiger partial charge in [-0.05, 0) is 31.2 Å². The highest BCUT2D eigenvalue weighted by atomic mass is 16.5. The topological polar surface area (TPSA) is 58.4 Å². The molecule has 0 aliphatic heterocycles. The lowest BCUT2D eigenvalue weighted by atomic mass is 10.2. The molecule has 1 aromatic heterocycles. The zero-order valence-corrected chi connectivity index (χ0v) is 11.3. The molecule has 1 aromatic carbocycles. The Kier molecular flexibility index (Phi) is 3.85. The molecule has 2 rings (SSSR count). The molecule has 5 nitrogen and oxygen atoms in total. The third-order valence-corrected chi connectivity index (χ3v) is 2.69. The fourth-order valence-corrected chi connectivity index (χ4v) is 1.71. The third kappa shape index (κ3) is 3.58. The molecular weight excluding hydrogens is 242 g/mol. The maximum absolute atomic E-state index is 11.8. The standard InChI is InChI=1S/C14H17N3O2/c1-10-8-12(16-19-10)9-14(18)15-11-4-6-13(7-5-11)17(2)3/h4-8H,9H2,1-3H3,(H,15,18). The quantitative estimate of drug-likeness (QED) is 0.914. The lowest BCUT2D eigenvalue weighted by Gasteiger charge is -2.12. The number of aryl methyl sites for hydroxylation is 1. The van der Waals surface area contributed by atoms with Crippen molar-refractivity contribution in [3.8, 4) is 0 Å². The van der Waals surface area contributed by atoms with Crippen LogP contribution in [0.5, 0.6) is 0 Å². The van der Waals surface area contributed by atoms with E-state index < -0.39 is 0 Å².